The van der Waals surface area contributed by atoms with Crippen LogP contribution in [0, 0.1) is 12.3 Å². The van der Waals surface area contributed by atoms with Gasteiger partial charge in [0, 0.05) is 53.4 Å². The standard InChI is InChI=1S/C28H30ClN5O2/c1-19-13-24(34-12-11-30-18-34)21-7-6-8-25(26(21)33-19)36-17-22-20(14-31-16-23(22)29)15-32-27(35)28(2)9-4-3-5-10-28/h6-8,11-14,16,18H,3-5,9-10,15,17H2,1-2H3,(H,32,35). The van der Waals surface area contributed by atoms with Gasteiger partial charge in [-0.15, -0.1) is 0 Å². The Bertz CT molecular complexity index is 1380. The van der Waals surface area contributed by atoms with E-state index < -0.39 is 0 Å². The van der Waals surface area contributed by atoms with Crippen molar-refractivity contribution < 1.29 is 9.53 Å². The number of rotatable bonds is 7. The zero-order chi connectivity index (χ0) is 25.1. The summed E-state index contributed by atoms with van der Waals surface area (Å²) in [6.07, 6.45) is 14.0. The van der Waals surface area contributed by atoms with E-state index in [1.807, 2.05) is 42.0 Å². The minimum absolute atomic E-state index is 0.0924. The second kappa shape index (κ2) is 10.3. The molecule has 0 atom stereocenters. The summed E-state index contributed by atoms with van der Waals surface area (Å²) in [5.41, 5.74) is 3.98. The van der Waals surface area contributed by atoms with E-state index in [-0.39, 0.29) is 17.9 Å². The highest BCUT2D eigenvalue weighted by atomic mass is 35.5. The highest BCUT2D eigenvalue weighted by Gasteiger charge is 2.34. The molecule has 1 aliphatic carbocycles. The molecule has 1 N–H and O–H groups in total. The molecule has 0 unspecified atom stereocenters. The highest BCUT2D eigenvalue weighted by Crippen LogP contribution is 2.36. The molecule has 1 fully saturated rings. The number of ether oxygens (including phenoxy) is 1. The van der Waals surface area contributed by atoms with Crippen molar-refractivity contribution in [3.05, 3.63) is 77.2 Å². The minimum Gasteiger partial charge on any atom is -0.487 e. The third-order valence-corrected chi connectivity index (χ3v) is 7.43. The van der Waals surface area contributed by atoms with Crippen LogP contribution in [0.5, 0.6) is 5.75 Å². The maximum Gasteiger partial charge on any atom is 0.226 e. The molecule has 0 radical (unpaired) electrons. The van der Waals surface area contributed by atoms with Crippen molar-refractivity contribution in [1.29, 1.82) is 0 Å². The molecule has 1 aromatic carbocycles. The summed E-state index contributed by atoms with van der Waals surface area (Å²) in [7, 11) is 0. The number of aromatic nitrogens is 4. The first-order valence-electron chi connectivity index (χ1n) is 12.4. The van der Waals surface area contributed by atoms with Gasteiger partial charge in [-0.2, -0.15) is 0 Å². The van der Waals surface area contributed by atoms with Crippen LogP contribution in [0.15, 0.2) is 55.4 Å². The van der Waals surface area contributed by atoms with Crippen molar-refractivity contribution >= 4 is 28.4 Å². The Balaban J connectivity index is 1.38. The lowest BCUT2D eigenvalue weighted by Gasteiger charge is -2.32. The van der Waals surface area contributed by atoms with E-state index in [4.69, 9.17) is 21.3 Å². The van der Waals surface area contributed by atoms with Crippen molar-refractivity contribution in [3.63, 3.8) is 0 Å². The van der Waals surface area contributed by atoms with Crippen LogP contribution >= 0.6 is 11.6 Å². The topological polar surface area (TPSA) is 81.9 Å². The Morgan fingerprint density at radius 1 is 1.19 bits per heavy atom. The molecule has 186 valence electrons. The van der Waals surface area contributed by atoms with E-state index in [1.165, 1.54) is 6.42 Å². The van der Waals surface area contributed by atoms with Crippen LogP contribution in [0.2, 0.25) is 5.02 Å². The zero-order valence-electron chi connectivity index (χ0n) is 20.6. The monoisotopic (exact) mass is 503 g/mol. The molecular formula is C28H30ClN5O2. The van der Waals surface area contributed by atoms with Crippen LogP contribution in [0.4, 0.5) is 0 Å². The number of benzene rings is 1. The largest absolute Gasteiger partial charge is 0.487 e. The lowest BCUT2D eigenvalue weighted by molar-refractivity contribution is -0.132. The SMILES string of the molecule is Cc1cc(-n2ccnc2)c2cccc(OCc3c(Cl)cncc3CNC(=O)C3(C)CCCCC3)c2n1. The molecule has 0 spiro atoms. The van der Waals surface area contributed by atoms with Crippen LogP contribution in [-0.4, -0.2) is 25.4 Å². The van der Waals surface area contributed by atoms with Gasteiger partial charge in [-0.1, -0.05) is 49.9 Å². The number of aryl methyl sites for hydroxylation is 1. The Hall–Kier alpha value is -3.45. The van der Waals surface area contributed by atoms with Crippen LogP contribution in [0.25, 0.3) is 16.6 Å². The number of para-hydroxylation sites is 1. The molecule has 4 aromatic rings. The molecule has 0 bridgehead atoms. The van der Waals surface area contributed by atoms with Gasteiger partial charge in [-0.3, -0.25) is 9.78 Å². The maximum atomic E-state index is 13.0. The number of amides is 1. The number of halogens is 1. The molecule has 1 amide bonds. The van der Waals surface area contributed by atoms with E-state index in [0.717, 1.165) is 59.1 Å². The van der Waals surface area contributed by atoms with Crippen LogP contribution in [0.3, 0.4) is 0 Å². The predicted molar refractivity (Wildman–Crippen MR) is 140 cm³/mol. The van der Waals surface area contributed by atoms with Crippen molar-refractivity contribution in [2.75, 3.05) is 0 Å². The Morgan fingerprint density at radius 2 is 2.03 bits per heavy atom. The van der Waals surface area contributed by atoms with Crippen molar-refractivity contribution in [3.8, 4) is 11.4 Å². The molecular weight excluding hydrogens is 474 g/mol. The first kappa shape index (κ1) is 24.3. The summed E-state index contributed by atoms with van der Waals surface area (Å²) in [6, 6.07) is 7.92. The minimum atomic E-state index is -0.305. The number of fused-ring (bicyclic) bond motifs is 1. The van der Waals surface area contributed by atoms with E-state index in [2.05, 4.69) is 22.2 Å². The molecule has 36 heavy (non-hydrogen) atoms. The summed E-state index contributed by atoms with van der Waals surface area (Å²) in [5.74, 6) is 0.755. The number of pyridine rings is 2. The molecule has 0 saturated heterocycles. The van der Waals surface area contributed by atoms with Gasteiger partial charge in [-0.05, 0) is 37.5 Å². The van der Waals surface area contributed by atoms with E-state index >= 15 is 0 Å². The molecule has 0 aliphatic heterocycles. The van der Waals surface area contributed by atoms with Crippen molar-refractivity contribution in [2.45, 2.75) is 59.1 Å². The van der Waals surface area contributed by atoms with Crippen molar-refractivity contribution in [2.24, 2.45) is 5.41 Å². The number of carbonyl (C=O) groups excluding carboxylic acids is 1. The highest BCUT2D eigenvalue weighted by molar-refractivity contribution is 6.31. The Kier molecular flexibility index (Phi) is 6.92. The fourth-order valence-electron chi connectivity index (χ4n) is 4.97. The van der Waals surface area contributed by atoms with Crippen LogP contribution < -0.4 is 10.1 Å². The van der Waals surface area contributed by atoms with Crippen LogP contribution in [0.1, 0.15) is 55.8 Å². The predicted octanol–water partition coefficient (Wildman–Crippen LogP) is 5.94. The Morgan fingerprint density at radius 3 is 2.81 bits per heavy atom. The van der Waals surface area contributed by atoms with E-state index in [1.54, 1.807) is 24.9 Å². The molecule has 3 aromatic heterocycles. The third-order valence-electron chi connectivity index (χ3n) is 7.10. The van der Waals surface area contributed by atoms with Gasteiger partial charge in [0.1, 0.15) is 17.9 Å². The summed E-state index contributed by atoms with van der Waals surface area (Å²) >= 11 is 6.54. The Labute approximate surface area is 215 Å². The summed E-state index contributed by atoms with van der Waals surface area (Å²) in [4.78, 5) is 26.2. The van der Waals surface area contributed by atoms with Gasteiger partial charge in [0.25, 0.3) is 0 Å². The molecule has 3 heterocycles. The van der Waals surface area contributed by atoms with Gasteiger partial charge >= 0.3 is 0 Å². The number of hydrogen-bond acceptors (Lipinski definition) is 5. The smallest absolute Gasteiger partial charge is 0.226 e. The van der Waals surface area contributed by atoms with Gasteiger partial charge in [0.15, 0.2) is 0 Å². The summed E-state index contributed by atoms with van der Waals surface area (Å²) < 4.78 is 8.25. The summed E-state index contributed by atoms with van der Waals surface area (Å²) in [6.45, 7) is 4.62. The molecule has 7 nitrogen and oxygen atoms in total. The number of carbonyl (C=O) groups is 1. The molecule has 1 aliphatic rings. The van der Waals surface area contributed by atoms with Gasteiger partial charge in [0.2, 0.25) is 5.91 Å². The number of nitrogens with zero attached hydrogens (tertiary/aromatic N) is 4. The van der Waals surface area contributed by atoms with E-state index in [0.29, 0.717) is 17.3 Å². The maximum absolute atomic E-state index is 13.0. The first-order chi connectivity index (χ1) is 17.4. The van der Waals surface area contributed by atoms with E-state index in [9.17, 15) is 4.79 Å². The molecule has 1 saturated carbocycles. The fraction of sp³-hybridized carbons (Fsp3) is 0.357. The zero-order valence-corrected chi connectivity index (χ0v) is 21.4. The number of hydrogen-bond donors (Lipinski definition) is 1. The van der Waals surface area contributed by atoms with Gasteiger partial charge in [0.05, 0.1) is 17.0 Å². The van der Waals surface area contributed by atoms with Gasteiger partial charge < -0.3 is 14.6 Å². The fourth-order valence-corrected chi connectivity index (χ4v) is 5.21. The number of imidazole rings is 1. The molecule has 8 heteroatoms. The average molecular weight is 504 g/mol. The lowest BCUT2D eigenvalue weighted by atomic mass is 9.75. The van der Waals surface area contributed by atoms with Crippen LogP contribution in [-0.2, 0) is 17.9 Å². The van der Waals surface area contributed by atoms with Crippen molar-refractivity contribution in [1.82, 2.24) is 24.8 Å². The second-order valence-electron chi connectivity index (χ2n) is 9.76. The second-order valence-corrected chi connectivity index (χ2v) is 10.2. The lowest BCUT2D eigenvalue weighted by Crippen LogP contribution is -2.40. The van der Waals surface area contributed by atoms with Gasteiger partial charge in [-0.25, -0.2) is 9.97 Å². The first-order valence-corrected chi connectivity index (χ1v) is 12.7. The molecule has 5 rings (SSSR count). The third kappa shape index (κ3) is 4.93. The normalized spacial score (nSPS) is 15.1. The average Bonchev–Trinajstić information content (AvgIpc) is 3.42. The quantitative estimate of drug-likeness (QED) is 0.337. The number of nitrogens with one attached hydrogen (secondary N) is 1. The summed E-state index contributed by atoms with van der Waals surface area (Å²) in [5, 5.41) is 4.59.